The van der Waals surface area contributed by atoms with Crippen LogP contribution in [0, 0.1) is 12.7 Å². The molecule has 0 spiro atoms. The molecule has 0 radical (unpaired) electrons. The lowest BCUT2D eigenvalue weighted by Crippen LogP contribution is -2.08. The molecule has 6 heteroatoms. The third-order valence-electron chi connectivity index (χ3n) is 2.83. The molecule has 0 aliphatic heterocycles. The van der Waals surface area contributed by atoms with Crippen molar-refractivity contribution in [2.24, 2.45) is 0 Å². The SMILES string of the molecule is CCn1nc(C)c(Br)c1CNc1ccc(Br)c(F)c1. The largest absolute Gasteiger partial charge is 0.379 e. The van der Waals surface area contributed by atoms with Gasteiger partial charge in [0.25, 0.3) is 0 Å². The van der Waals surface area contributed by atoms with Crippen LogP contribution in [0.2, 0.25) is 0 Å². The van der Waals surface area contributed by atoms with Crippen molar-refractivity contribution in [3.05, 3.63) is 44.3 Å². The van der Waals surface area contributed by atoms with Gasteiger partial charge in [0.05, 0.1) is 26.9 Å². The van der Waals surface area contributed by atoms with Crippen molar-refractivity contribution in [1.82, 2.24) is 9.78 Å². The first-order valence-corrected chi connectivity index (χ1v) is 7.52. The van der Waals surface area contributed by atoms with Crippen LogP contribution >= 0.6 is 31.9 Å². The van der Waals surface area contributed by atoms with E-state index in [2.05, 4.69) is 42.3 Å². The maximum absolute atomic E-state index is 13.4. The zero-order chi connectivity index (χ0) is 14.0. The van der Waals surface area contributed by atoms with E-state index < -0.39 is 0 Å². The summed E-state index contributed by atoms with van der Waals surface area (Å²) in [7, 11) is 0. The Balaban J connectivity index is 2.16. The van der Waals surface area contributed by atoms with Crippen molar-refractivity contribution >= 4 is 37.5 Å². The van der Waals surface area contributed by atoms with Crippen LogP contribution in [-0.2, 0) is 13.1 Å². The summed E-state index contributed by atoms with van der Waals surface area (Å²) in [5, 5.41) is 7.63. The zero-order valence-corrected chi connectivity index (χ0v) is 13.8. The van der Waals surface area contributed by atoms with Crippen LogP contribution in [0.3, 0.4) is 0 Å². The Kier molecular flexibility index (Phi) is 4.62. The summed E-state index contributed by atoms with van der Waals surface area (Å²) in [5.74, 6) is -0.274. The molecular formula is C13H14Br2FN3. The molecule has 0 atom stereocenters. The fourth-order valence-corrected chi connectivity index (χ4v) is 2.50. The molecule has 3 nitrogen and oxygen atoms in total. The Morgan fingerprint density at radius 1 is 1.37 bits per heavy atom. The molecule has 2 rings (SSSR count). The zero-order valence-electron chi connectivity index (χ0n) is 10.7. The number of aromatic nitrogens is 2. The van der Waals surface area contributed by atoms with Gasteiger partial charge in [-0.2, -0.15) is 5.10 Å². The topological polar surface area (TPSA) is 29.9 Å². The van der Waals surface area contributed by atoms with Crippen molar-refractivity contribution in [3.63, 3.8) is 0 Å². The number of rotatable bonds is 4. The fourth-order valence-electron chi connectivity index (χ4n) is 1.83. The molecular weight excluding hydrogens is 377 g/mol. The highest BCUT2D eigenvalue weighted by atomic mass is 79.9. The quantitative estimate of drug-likeness (QED) is 0.833. The minimum atomic E-state index is -0.274. The van der Waals surface area contributed by atoms with Gasteiger partial charge in [0, 0.05) is 12.2 Å². The molecule has 1 aromatic carbocycles. The lowest BCUT2D eigenvalue weighted by Gasteiger charge is -2.09. The molecule has 1 N–H and O–H groups in total. The lowest BCUT2D eigenvalue weighted by atomic mass is 10.3. The second kappa shape index (κ2) is 6.05. The second-order valence-electron chi connectivity index (χ2n) is 4.14. The van der Waals surface area contributed by atoms with Gasteiger partial charge in [0.1, 0.15) is 5.82 Å². The fraction of sp³-hybridized carbons (Fsp3) is 0.308. The molecule has 0 aliphatic carbocycles. The maximum atomic E-state index is 13.4. The molecule has 0 aliphatic rings. The van der Waals surface area contributed by atoms with Crippen molar-refractivity contribution in [3.8, 4) is 0 Å². The van der Waals surface area contributed by atoms with E-state index >= 15 is 0 Å². The Morgan fingerprint density at radius 2 is 2.11 bits per heavy atom. The summed E-state index contributed by atoms with van der Waals surface area (Å²) in [4.78, 5) is 0. The molecule has 19 heavy (non-hydrogen) atoms. The molecule has 0 unspecified atom stereocenters. The molecule has 0 fully saturated rings. The van der Waals surface area contributed by atoms with Crippen molar-refractivity contribution < 1.29 is 4.39 Å². The number of hydrogen-bond donors (Lipinski definition) is 1. The number of anilines is 1. The van der Waals surface area contributed by atoms with Crippen LogP contribution < -0.4 is 5.32 Å². The molecule has 102 valence electrons. The summed E-state index contributed by atoms with van der Waals surface area (Å²) in [6, 6.07) is 4.99. The van der Waals surface area contributed by atoms with E-state index in [1.54, 1.807) is 6.07 Å². The van der Waals surface area contributed by atoms with E-state index in [0.29, 0.717) is 11.0 Å². The number of aryl methyl sites for hydroxylation is 2. The lowest BCUT2D eigenvalue weighted by molar-refractivity contribution is 0.618. The van der Waals surface area contributed by atoms with Crippen LogP contribution in [0.15, 0.2) is 27.1 Å². The summed E-state index contributed by atoms with van der Waals surface area (Å²) in [5.41, 5.74) is 2.76. The molecule has 0 saturated heterocycles. The van der Waals surface area contributed by atoms with Crippen LogP contribution in [0.1, 0.15) is 18.3 Å². The first-order valence-electron chi connectivity index (χ1n) is 5.93. The Labute approximate surface area is 128 Å². The van der Waals surface area contributed by atoms with Gasteiger partial charge in [-0.05, 0) is 63.9 Å². The number of hydrogen-bond acceptors (Lipinski definition) is 2. The molecule has 1 heterocycles. The van der Waals surface area contributed by atoms with Crippen molar-refractivity contribution in [2.75, 3.05) is 5.32 Å². The highest BCUT2D eigenvalue weighted by Crippen LogP contribution is 2.23. The minimum Gasteiger partial charge on any atom is -0.379 e. The van der Waals surface area contributed by atoms with Gasteiger partial charge in [-0.1, -0.05) is 0 Å². The summed E-state index contributed by atoms with van der Waals surface area (Å²) in [6.45, 7) is 5.40. The van der Waals surface area contributed by atoms with Crippen molar-refractivity contribution in [1.29, 1.82) is 0 Å². The van der Waals surface area contributed by atoms with Gasteiger partial charge in [-0.25, -0.2) is 4.39 Å². The highest BCUT2D eigenvalue weighted by Gasteiger charge is 2.11. The minimum absolute atomic E-state index is 0.274. The van der Waals surface area contributed by atoms with Gasteiger partial charge in [0.15, 0.2) is 0 Å². The van der Waals surface area contributed by atoms with Crippen molar-refractivity contribution in [2.45, 2.75) is 26.9 Å². The van der Waals surface area contributed by atoms with E-state index in [4.69, 9.17) is 0 Å². The first kappa shape index (κ1) is 14.5. The molecule has 0 bridgehead atoms. The summed E-state index contributed by atoms with van der Waals surface area (Å²) in [6.07, 6.45) is 0. The normalized spacial score (nSPS) is 10.8. The van der Waals surface area contributed by atoms with Crippen LogP contribution in [0.25, 0.3) is 0 Å². The smallest absolute Gasteiger partial charge is 0.139 e. The predicted octanol–water partition coefficient (Wildman–Crippen LogP) is 4.49. The van der Waals surface area contributed by atoms with Gasteiger partial charge in [-0.15, -0.1) is 0 Å². The van der Waals surface area contributed by atoms with E-state index in [1.165, 1.54) is 6.07 Å². The molecule has 0 amide bonds. The molecule has 2 aromatic rings. The van der Waals surface area contributed by atoms with Gasteiger partial charge in [-0.3, -0.25) is 4.68 Å². The Morgan fingerprint density at radius 3 is 2.74 bits per heavy atom. The highest BCUT2D eigenvalue weighted by molar-refractivity contribution is 9.10. The average Bonchev–Trinajstić information content (AvgIpc) is 2.67. The summed E-state index contributed by atoms with van der Waals surface area (Å²) < 4.78 is 16.8. The number of nitrogens with one attached hydrogen (secondary N) is 1. The third kappa shape index (κ3) is 3.17. The van der Waals surface area contributed by atoms with E-state index in [0.717, 1.165) is 28.1 Å². The number of nitrogens with zero attached hydrogens (tertiary/aromatic N) is 2. The summed E-state index contributed by atoms with van der Waals surface area (Å²) >= 11 is 6.68. The number of halogens is 3. The van der Waals surface area contributed by atoms with Crippen LogP contribution in [0.5, 0.6) is 0 Å². The van der Waals surface area contributed by atoms with E-state index in [-0.39, 0.29) is 5.82 Å². The Bertz CT molecular complexity index is 596. The Hall–Kier alpha value is -0.880. The molecule has 1 aromatic heterocycles. The van der Waals surface area contributed by atoms with E-state index in [1.807, 2.05) is 24.6 Å². The third-order valence-corrected chi connectivity index (χ3v) is 4.51. The van der Waals surface area contributed by atoms with Crippen LogP contribution in [-0.4, -0.2) is 9.78 Å². The standard InChI is InChI=1S/C13H14Br2FN3/c1-3-19-12(13(15)8(2)18-19)7-17-9-4-5-10(14)11(16)6-9/h4-6,17H,3,7H2,1-2H3. The maximum Gasteiger partial charge on any atom is 0.139 e. The van der Waals surface area contributed by atoms with E-state index in [9.17, 15) is 4.39 Å². The molecule has 0 saturated carbocycles. The predicted molar refractivity (Wildman–Crippen MR) is 81.8 cm³/mol. The monoisotopic (exact) mass is 389 g/mol. The van der Waals surface area contributed by atoms with Crippen LogP contribution in [0.4, 0.5) is 10.1 Å². The van der Waals surface area contributed by atoms with Gasteiger partial charge < -0.3 is 5.32 Å². The van der Waals surface area contributed by atoms with Gasteiger partial charge >= 0.3 is 0 Å². The van der Waals surface area contributed by atoms with Gasteiger partial charge in [0.2, 0.25) is 0 Å². The first-order chi connectivity index (χ1) is 9.02. The average molecular weight is 391 g/mol. The second-order valence-corrected chi connectivity index (χ2v) is 5.79. The number of benzene rings is 1.